The molecule has 0 saturated carbocycles. The maximum atomic E-state index is 11.2. The third kappa shape index (κ3) is 1.95. The van der Waals surface area contributed by atoms with E-state index >= 15 is 0 Å². The Bertz CT molecular complexity index is 646. The van der Waals surface area contributed by atoms with Gasteiger partial charge in [0.05, 0.1) is 13.0 Å². The molecule has 0 aromatic heterocycles. The van der Waals surface area contributed by atoms with Crippen LogP contribution in [0.25, 0.3) is 10.8 Å². The molecule has 0 heterocycles. The first-order chi connectivity index (χ1) is 9.20. The van der Waals surface area contributed by atoms with Crippen LogP contribution in [0.3, 0.4) is 0 Å². The molecule has 0 fully saturated rings. The summed E-state index contributed by atoms with van der Waals surface area (Å²) in [6.07, 6.45) is 2.09. The van der Waals surface area contributed by atoms with Crippen molar-refractivity contribution in [2.75, 3.05) is 7.11 Å². The number of carboxylic acids is 1. The van der Waals surface area contributed by atoms with Gasteiger partial charge in [0.25, 0.3) is 0 Å². The number of benzene rings is 2. The van der Waals surface area contributed by atoms with E-state index < -0.39 is 5.97 Å². The number of methoxy groups -OCH3 is 1. The summed E-state index contributed by atoms with van der Waals surface area (Å²) in [6, 6.07) is 10.2. The minimum Gasteiger partial charge on any atom is -0.496 e. The molecule has 0 bridgehead atoms. The van der Waals surface area contributed by atoms with Crippen molar-refractivity contribution in [2.24, 2.45) is 5.92 Å². The Balaban J connectivity index is 2.20. The molecule has 3 nitrogen and oxygen atoms in total. The Morgan fingerprint density at radius 3 is 2.84 bits per heavy atom. The third-order valence-electron chi connectivity index (χ3n) is 4.00. The van der Waals surface area contributed by atoms with Crippen molar-refractivity contribution < 1.29 is 14.6 Å². The first kappa shape index (κ1) is 12.0. The highest BCUT2D eigenvalue weighted by molar-refractivity contribution is 5.89. The van der Waals surface area contributed by atoms with Crippen LogP contribution in [0.2, 0.25) is 0 Å². The van der Waals surface area contributed by atoms with Crippen molar-refractivity contribution in [3.63, 3.8) is 0 Å². The molecule has 0 unspecified atom stereocenters. The van der Waals surface area contributed by atoms with Crippen LogP contribution in [0.4, 0.5) is 0 Å². The van der Waals surface area contributed by atoms with Gasteiger partial charge in [-0.05, 0) is 47.2 Å². The monoisotopic (exact) mass is 256 g/mol. The van der Waals surface area contributed by atoms with E-state index in [0.717, 1.165) is 23.1 Å². The average Bonchev–Trinajstić information content (AvgIpc) is 2.45. The van der Waals surface area contributed by atoms with E-state index in [1.54, 1.807) is 7.11 Å². The lowest BCUT2D eigenvalue weighted by Crippen LogP contribution is -2.22. The number of fused-ring (bicyclic) bond motifs is 3. The first-order valence-electron chi connectivity index (χ1n) is 6.51. The topological polar surface area (TPSA) is 46.5 Å². The largest absolute Gasteiger partial charge is 0.496 e. The third-order valence-corrected chi connectivity index (χ3v) is 4.00. The van der Waals surface area contributed by atoms with E-state index in [1.165, 1.54) is 10.9 Å². The van der Waals surface area contributed by atoms with Crippen LogP contribution in [0.5, 0.6) is 5.75 Å². The van der Waals surface area contributed by atoms with Crippen molar-refractivity contribution in [1.82, 2.24) is 0 Å². The maximum Gasteiger partial charge on any atom is 0.306 e. The molecule has 0 aliphatic heterocycles. The van der Waals surface area contributed by atoms with E-state index in [4.69, 9.17) is 4.74 Å². The summed E-state index contributed by atoms with van der Waals surface area (Å²) < 4.78 is 5.46. The fourth-order valence-electron chi connectivity index (χ4n) is 3.01. The summed E-state index contributed by atoms with van der Waals surface area (Å²) in [7, 11) is 1.65. The predicted molar refractivity (Wildman–Crippen MR) is 73.7 cm³/mol. The Kier molecular flexibility index (Phi) is 2.90. The molecule has 0 amide bonds. The second-order valence-corrected chi connectivity index (χ2v) is 5.04. The first-order valence-corrected chi connectivity index (χ1v) is 6.51. The van der Waals surface area contributed by atoms with E-state index in [0.29, 0.717) is 12.8 Å². The van der Waals surface area contributed by atoms with E-state index in [1.807, 2.05) is 18.2 Å². The molecular weight excluding hydrogens is 240 g/mol. The summed E-state index contributed by atoms with van der Waals surface area (Å²) in [6.45, 7) is 0. The van der Waals surface area contributed by atoms with Gasteiger partial charge in [0.2, 0.25) is 0 Å². The predicted octanol–water partition coefficient (Wildman–Crippen LogP) is 3.04. The van der Waals surface area contributed by atoms with Gasteiger partial charge >= 0.3 is 5.97 Å². The van der Waals surface area contributed by atoms with Crippen LogP contribution in [0.15, 0.2) is 30.3 Å². The van der Waals surface area contributed by atoms with Gasteiger partial charge in [-0.25, -0.2) is 0 Å². The lowest BCUT2D eigenvalue weighted by molar-refractivity contribution is -0.142. The average molecular weight is 256 g/mol. The smallest absolute Gasteiger partial charge is 0.306 e. The number of ether oxygens (including phenoxy) is 1. The summed E-state index contributed by atoms with van der Waals surface area (Å²) >= 11 is 0. The number of rotatable bonds is 2. The van der Waals surface area contributed by atoms with E-state index in [9.17, 15) is 9.90 Å². The van der Waals surface area contributed by atoms with Gasteiger partial charge in [-0.1, -0.05) is 24.3 Å². The van der Waals surface area contributed by atoms with Crippen LogP contribution in [0.1, 0.15) is 17.5 Å². The van der Waals surface area contributed by atoms with Crippen molar-refractivity contribution in [1.29, 1.82) is 0 Å². The quantitative estimate of drug-likeness (QED) is 0.898. The Morgan fingerprint density at radius 1 is 1.32 bits per heavy atom. The standard InChI is InChI=1S/C16H16O3/c1-19-15-9-10-4-2-3-5-12(10)13-7-6-11(16(17)18)8-14(13)15/h2-5,9,11H,6-8H2,1H3,(H,17,18)/t11-/m0/s1. The van der Waals surface area contributed by atoms with Gasteiger partial charge in [0, 0.05) is 0 Å². The lowest BCUT2D eigenvalue weighted by Gasteiger charge is -2.25. The fraction of sp³-hybridized carbons (Fsp3) is 0.312. The number of aliphatic carboxylic acids is 1. The minimum absolute atomic E-state index is 0.289. The number of hydrogen-bond donors (Lipinski definition) is 1. The molecule has 2 aromatic carbocycles. The SMILES string of the molecule is COc1cc2ccccc2c2c1C[C@@H](C(=O)O)CC2. The molecule has 2 aromatic rings. The van der Waals surface area contributed by atoms with Crippen molar-refractivity contribution in [2.45, 2.75) is 19.3 Å². The van der Waals surface area contributed by atoms with Crippen LogP contribution in [-0.2, 0) is 17.6 Å². The molecule has 3 rings (SSSR count). The second-order valence-electron chi connectivity index (χ2n) is 5.04. The molecule has 98 valence electrons. The van der Waals surface area contributed by atoms with E-state index in [2.05, 4.69) is 12.1 Å². The Labute approximate surface area is 111 Å². The van der Waals surface area contributed by atoms with Gasteiger partial charge in [-0.2, -0.15) is 0 Å². The molecule has 1 atom stereocenters. The van der Waals surface area contributed by atoms with Gasteiger partial charge in [0.15, 0.2) is 0 Å². The van der Waals surface area contributed by atoms with Gasteiger partial charge in [0.1, 0.15) is 5.75 Å². The molecule has 0 spiro atoms. The van der Waals surface area contributed by atoms with E-state index in [-0.39, 0.29) is 5.92 Å². The molecule has 0 radical (unpaired) electrons. The molecule has 1 aliphatic carbocycles. The second kappa shape index (κ2) is 4.57. The zero-order valence-corrected chi connectivity index (χ0v) is 10.8. The highest BCUT2D eigenvalue weighted by Gasteiger charge is 2.27. The summed E-state index contributed by atoms with van der Waals surface area (Å²) in [5, 5.41) is 11.6. The Morgan fingerprint density at radius 2 is 2.11 bits per heavy atom. The zero-order valence-electron chi connectivity index (χ0n) is 10.8. The zero-order chi connectivity index (χ0) is 13.4. The van der Waals surface area contributed by atoms with Crippen molar-refractivity contribution in [3.8, 4) is 5.75 Å². The lowest BCUT2D eigenvalue weighted by atomic mass is 9.81. The van der Waals surface area contributed by atoms with Gasteiger partial charge in [-0.3, -0.25) is 4.79 Å². The van der Waals surface area contributed by atoms with Crippen molar-refractivity contribution >= 4 is 16.7 Å². The molecule has 1 aliphatic rings. The van der Waals surface area contributed by atoms with Crippen LogP contribution in [0, 0.1) is 5.92 Å². The molecule has 1 N–H and O–H groups in total. The van der Waals surface area contributed by atoms with Crippen LogP contribution in [-0.4, -0.2) is 18.2 Å². The van der Waals surface area contributed by atoms with Gasteiger partial charge < -0.3 is 9.84 Å². The Hall–Kier alpha value is -2.03. The van der Waals surface area contributed by atoms with Crippen molar-refractivity contribution in [3.05, 3.63) is 41.5 Å². The molecule has 0 saturated heterocycles. The number of carbonyl (C=O) groups is 1. The van der Waals surface area contributed by atoms with Crippen LogP contribution < -0.4 is 4.74 Å². The highest BCUT2D eigenvalue weighted by Crippen LogP contribution is 2.37. The summed E-state index contributed by atoms with van der Waals surface area (Å²) in [5.41, 5.74) is 2.33. The maximum absolute atomic E-state index is 11.2. The van der Waals surface area contributed by atoms with Crippen LogP contribution >= 0.6 is 0 Å². The summed E-state index contributed by atoms with van der Waals surface area (Å²) in [4.78, 5) is 11.2. The number of hydrogen-bond acceptors (Lipinski definition) is 2. The minimum atomic E-state index is -0.708. The molecular formula is C16H16O3. The number of aryl methyl sites for hydroxylation is 1. The highest BCUT2D eigenvalue weighted by atomic mass is 16.5. The van der Waals surface area contributed by atoms with Gasteiger partial charge in [-0.15, -0.1) is 0 Å². The number of carboxylic acid groups (broad SMARTS) is 1. The summed E-state index contributed by atoms with van der Waals surface area (Å²) in [5.74, 6) is -0.178. The fourth-order valence-corrected chi connectivity index (χ4v) is 3.01. The molecule has 19 heavy (non-hydrogen) atoms. The molecule has 3 heteroatoms. The normalized spacial score (nSPS) is 18.1.